The molecule has 6 nitrogen and oxygen atoms in total. The zero-order chi connectivity index (χ0) is 10.8. The van der Waals surface area contributed by atoms with Crippen LogP contribution in [0.25, 0.3) is 0 Å². The highest BCUT2D eigenvalue weighted by Gasteiger charge is 2.14. The highest BCUT2D eigenvalue weighted by Crippen LogP contribution is 2.06. The SMILES string of the molecule is CS(=O)(=O)NC(=O)c1ccc(CN)o1. The molecule has 0 aromatic carbocycles. The van der Waals surface area contributed by atoms with Gasteiger partial charge in [-0.05, 0) is 12.1 Å². The molecule has 0 bridgehead atoms. The lowest BCUT2D eigenvalue weighted by Crippen LogP contribution is -2.28. The summed E-state index contributed by atoms with van der Waals surface area (Å²) in [5, 5.41) is 0. The minimum atomic E-state index is -3.56. The minimum Gasteiger partial charge on any atom is -0.455 e. The molecule has 1 aromatic rings. The Balaban J connectivity index is 2.80. The van der Waals surface area contributed by atoms with Crippen molar-refractivity contribution in [1.29, 1.82) is 0 Å². The normalized spacial score (nSPS) is 11.3. The number of rotatable bonds is 3. The van der Waals surface area contributed by atoms with Crippen LogP contribution >= 0.6 is 0 Å². The Bertz CT molecular complexity index is 434. The molecule has 3 N–H and O–H groups in total. The number of carbonyl (C=O) groups is 1. The van der Waals surface area contributed by atoms with Crippen LogP contribution in [0.3, 0.4) is 0 Å². The van der Waals surface area contributed by atoms with Crippen molar-refractivity contribution >= 4 is 15.9 Å². The van der Waals surface area contributed by atoms with E-state index in [9.17, 15) is 13.2 Å². The fraction of sp³-hybridized carbons (Fsp3) is 0.286. The molecule has 0 spiro atoms. The van der Waals surface area contributed by atoms with Crippen molar-refractivity contribution in [1.82, 2.24) is 4.72 Å². The number of furan rings is 1. The summed E-state index contributed by atoms with van der Waals surface area (Å²) in [5.41, 5.74) is 5.25. The second-order valence-corrected chi connectivity index (χ2v) is 4.42. The Morgan fingerprint density at radius 1 is 1.57 bits per heavy atom. The molecule has 0 atom stereocenters. The maximum atomic E-state index is 11.2. The molecule has 0 aliphatic heterocycles. The lowest BCUT2D eigenvalue weighted by atomic mass is 10.4. The third kappa shape index (κ3) is 2.86. The van der Waals surface area contributed by atoms with Crippen molar-refractivity contribution in [2.24, 2.45) is 5.73 Å². The van der Waals surface area contributed by atoms with Crippen LogP contribution in [0.5, 0.6) is 0 Å². The van der Waals surface area contributed by atoms with Gasteiger partial charge in [0.1, 0.15) is 5.76 Å². The quantitative estimate of drug-likeness (QED) is 0.707. The summed E-state index contributed by atoms with van der Waals surface area (Å²) in [4.78, 5) is 11.2. The maximum absolute atomic E-state index is 11.2. The lowest BCUT2D eigenvalue weighted by Gasteiger charge is -1.98. The summed E-state index contributed by atoms with van der Waals surface area (Å²) in [6, 6.07) is 2.87. The second kappa shape index (κ2) is 3.81. The molecule has 0 saturated heterocycles. The van der Waals surface area contributed by atoms with Gasteiger partial charge in [-0.3, -0.25) is 4.79 Å². The molecule has 0 fully saturated rings. The number of hydrogen-bond donors (Lipinski definition) is 2. The zero-order valence-corrected chi connectivity index (χ0v) is 8.30. The molecule has 78 valence electrons. The van der Waals surface area contributed by atoms with E-state index in [0.717, 1.165) is 6.26 Å². The van der Waals surface area contributed by atoms with Crippen molar-refractivity contribution in [2.75, 3.05) is 6.26 Å². The van der Waals surface area contributed by atoms with Crippen molar-refractivity contribution < 1.29 is 17.6 Å². The molecule has 1 rings (SSSR count). The molecule has 0 saturated carbocycles. The standard InChI is InChI=1S/C7H10N2O4S/c1-14(11,12)9-7(10)6-3-2-5(4-8)13-6/h2-3H,4,8H2,1H3,(H,9,10). The first-order chi connectivity index (χ1) is 6.42. The second-order valence-electron chi connectivity index (χ2n) is 2.67. The topological polar surface area (TPSA) is 102 Å². The van der Waals surface area contributed by atoms with E-state index in [0.29, 0.717) is 5.76 Å². The van der Waals surface area contributed by atoms with E-state index in [1.807, 2.05) is 0 Å². The molecule has 1 heterocycles. The first kappa shape index (κ1) is 10.7. The highest BCUT2D eigenvalue weighted by molar-refractivity contribution is 7.89. The average molecular weight is 218 g/mol. The monoisotopic (exact) mass is 218 g/mol. The van der Waals surface area contributed by atoms with Crippen LogP contribution in [0.1, 0.15) is 16.3 Å². The van der Waals surface area contributed by atoms with Crippen LogP contribution in [0.2, 0.25) is 0 Å². The minimum absolute atomic E-state index is 0.0733. The van der Waals surface area contributed by atoms with E-state index in [2.05, 4.69) is 0 Å². The molecule has 7 heteroatoms. The van der Waals surface area contributed by atoms with Gasteiger partial charge in [0.05, 0.1) is 12.8 Å². The van der Waals surface area contributed by atoms with E-state index in [-0.39, 0.29) is 12.3 Å². The summed E-state index contributed by atoms with van der Waals surface area (Å²) in [7, 11) is -3.56. The van der Waals surface area contributed by atoms with Gasteiger partial charge in [0, 0.05) is 0 Å². The first-order valence-electron chi connectivity index (χ1n) is 3.73. The summed E-state index contributed by atoms with van der Waals surface area (Å²) < 4.78 is 28.1. The van der Waals surface area contributed by atoms with Crippen molar-refractivity contribution in [3.63, 3.8) is 0 Å². The molecule has 0 aliphatic rings. The van der Waals surface area contributed by atoms with Crippen LogP contribution in [-0.2, 0) is 16.6 Å². The van der Waals surface area contributed by atoms with E-state index in [1.165, 1.54) is 12.1 Å². The van der Waals surface area contributed by atoms with Gasteiger partial charge in [0.25, 0.3) is 5.91 Å². The van der Waals surface area contributed by atoms with E-state index in [4.69, 9.17) is 10.2 Å². The average Bonchev–Trinajstić information content (AvgIpc) is 2.48. The molecule has 0 aliphatic carbocycles. The van der Waals surface area contributed by atoms with Crippen LogP contribution in [-0.4, -0.2) is 20.6 Å². The van der Waals surface area contributed by atoms with Gasteiger partial charge in [-0.25, -0.2) is 13.1 Å². The van der Waals surface area contributed by atoms with E-state index in [1.54, 1.807) is 4.72 Å². The number of hydrogen-bond acceptors (Lipinski definition) is 5. The van der Waals surface area contributed by atoms with Crippen LogP contribution < -0.4 is 10.5 Å². The molecule has 0 radical (unpaired) electrons. The fourth-order valence-corrected chi connectivity index (χ4v) is 1.27. The number of carbonyl (C=O) groups excluding carboxylic acids is 1. The van der Waals surface area contributed by atoms with Gasteiger partial charge in [-0.1, -0.05) is 0 Å². The Kier molecular flexibility index (Phi) is 2.92. The fourth-order valence-electron chi connectivity index (χ4n) is 0.828. The molecule has 1 aromatic heterocycles. The zero-order valence-electron chi connectivity index (χ0n) is 7.48. The van der Waals surface area contributed by atoms with Crippen LogP contribution in [0.4, 0.5) is 0 Å². The van der Waals surface area contributed by atoms with E-state index >= 15 is 0 Å². The summed E-state index contributed by atoms with van der Waals surface area (Å²) >= 11 is 0. The molecular weight excluding hydrogens is 208 g/mol. The van der Waals surface area contributed by atoms with Gasteiger partial charge in [-0.15, -0.1) is 0 Å². The molecule has 1 amide bonds. The molecule has 0 unspecified atom stereocenters. The third-order valence-corrected chi connectivity index (χ3v) is 1.92. The number of sulfonamides is 1. The van der Waals surface area contributed by atoms with Gasteiger partial charge < -0.3 is 10.2 Å². The van der Waals surface area contributed by atoms with Gasteiger partial charge in [0.15, 0.2) is 5.76 Å². The Morgan fingerprint density at radius 3 is 2.64 bits per heavy atom. The first-order valence-corrected chi connectivity index (χ1v) is 5.62. The molecule has 14 heavy (non-hydrogen) atoms. The van der Waals surface area contributed by atoms with E-state index < -0.39 is 15.9 Å². The van der Waals surface area contributed by atoms with Gasteiger partial charge in [0.2, 0.25) is 10.0 Å². The summed E-state index contributed by atoms with van der Waals surface area (Å²) in [6.45, 7) is 0.159. The highest BCUT2D eigenvalue weighted by atomic mass is 32.2. The van der Waals surface area contributed by atoms with Gasteiger partial charge in [-0.2, -0.15) is 0 Å². The number of amides is 1. The number of nitrogens with two attached hydrogens (primary N) is 1. The van der Waals surface area contributed by atoms with Crippen LogP contribution in [0, 0.1) is 0 Å². The number of nitrogens with one attached hydrogen (secondary N) is 1. The Morgan fingerprint density at radius 2 is 2.21 bits per heavy atom. The predicted octanol–water partition coefficient (Wildman–Crippen LogP) is -0.572. The lowest BCUT2D eigenvalue weighted by molar-refractivity contribution is 0.0953. The third-order valence-electron chi connectivity index (χ3n) is 1.36. The molecular formula is C7H10N2O4S. The summed E-state index contributed by atoms with van der Waals surface area (Å²) in [5.74, 6) is -0.452. The maximum Gasteiger partial charge on any atom is 0.300 e. The summed E-state index contributed by atoms with van der Waals surface area (Å²) in [6.07, 6.45) is 0.887. The van der Waals surface area contributed by atoms with Crippen molar-refractivity contribution in [3.8, 4) is 0 Å². The largest absolute Gasteiger partial charge is 0.455 e. The Labute approximate surface area is 81.1 Å². The van der Waals surface area contributed by atoms with Crippen molar-refractivity contribution in [2.45, 2.75) is 6.54 Å². The predicted molar refractivity (Wildman–Crippen MR) is 48.9 cm³/mol. The van der Waals surface area contributed by atoms with Crippen molar-refractivity contribution in [3.05, 3.63) is 23.7 Å². The van der Waals surface area contributed by atoms with Gasteiger partial charge >= 0.3 is 0 Å². The Hall–Kier alpha value is -1.34. The van der Waals surface area contributed by atoms with Crippen LogP contribution in [0.15, 0.2) is 16.5 Å². The smallest absolute Gasteiger partial charge is 0.300 e.